The molecule has 24 heavy (non-hydrogen) atoms. The van der Waals surface area contributed by atoms with Crippen LogP contribution in [0.1, 0.15) is 79.6 Å². The lowest BCUT2D eigenvalue weighted by molar-refractivity contribution is -0.235. The molecule has 0 aliphatic carbocycles. The number of ether oxygens (including phenoxy) is 2. The molecule has 142 valence electrons. The summed E-state index contributed by atoms with van der Waals surface area (Å²) in [5, 5.41) is 0. The molecule has 0 rings (SSSR count). The molecule has 0 aliphatic heterocycles. The molecule has 0 amide bonds. The van der Waals surface area contributed by atoms with Gasteiger partial charge in [0.15, 0.2) is 5.79 Å². The van der Waals surface area contributed by atoms with Crippen molar-refractivity contribution in [2.75, 3.05) is 13.2 Å². The molecule has 0 saturated carbocycles. The van der Waals surface area contributed by atoms with E-state index in [9.17, 15) is 0 Å². The van der Waals surface area contributed by atoms with Crippen molar-refractivity contribution in [1.82, 2.24) is 0 Å². The van der Waals surface area contributed by atoms with Crippen molar-refractivity contribution < 1.29 is 9.47 Å². The van der Waals surface area contributed by atoms with E-state index in [1.165, 1.54) is 38.5 Å². The average molecular weight is 339 g/mol. The molecular formula is C22H42O2. The van der Waals surface area contributed by atoms with Gasteiger partial charge in [-0.15, -0.1) is 6.58 Å². The zero-order valence-electron chi connectivity index (χ0n) is 17.0. The van der Waals surface area contributed by atoms with E-state index in [4.69, 9.17) is 9.47 Å². The van der Waals surface area contributed by atoms with Gasteiger partial charge in [0.05, 0.1) is 13.2 Å². The van der Waals surface area contributed by atoms with Gasteiger partial charge in [0.1, 0.15) is 0 Å². The van der Waals surface area contributed by atoms with Gasteiger partial charge >= 0.3 is 0 Å². The molecular weight excluding hydrogens is 296 g/mol. The Morgan fingerprint density at radius 1 is 0.833 bits per heavy atom. The van der Waals surface area contributed by atoms with Crippen molar-refractivity contribution in [3.8, 4) is 0 Å². The minimum atomic E-state index is -0.736. The summed E-state index contributed by atoms with van der Waals surface area (Å²) in [4.78, 5) is 0. The maximum Gasteiger partial charge on any atom is 0.193 e. The molecule has 2 nitrogen and oxygen atoms in total. The largest absolute Gasteiger partial charge is 0.346 e. The Kier molecular flexibility index (Phi) is 13.3. The summed E-state index contributed by atoms with van der Waals surface area (Å²) in [6, 6.07) is 0. The number of hydrogen-bond acceptors (Lipinski definition) is 2. The maximum absolute atomic E-state index is 6.23. The Bertz CT molecular complexity index is 308. The smallest absolute Gasteiger partial charge is 0.193 e. The summed E-state index contributed by atoms with van der Waals surface area (Å²) in [5.41, 5.74) is 0. The molecule has 0 heterocycles. The number of hydrogen-bond donors (Lipinski definition) is 0. The van der Waals surface area contributed by atoms with Gasteiger partial charge in [-0.1, -0.05) is 85.8 Å². The van der Waals surface area contributed by atoms with Gasteiger partial charge < -0.3 is 9.47 Å². The standard InChI is InChI=1S/C22H42O2/c1-8-11-12-13-14-15-16-21(9-2)22(10-3,23-17-19(4)5)24-18-20(6)7/h9-10,19-21H,2-3,8,11-18H2,1,4-7H3. The summed E-state index contributed by atoms with van der Waals surface area (Å²) >= 11 is 0. The van der Waals surface area contributed by atoms with Crippen LogP contribution in [0, 0.1) is 17.8 Å². The molecule has 0 saturated heterocycles. The van der Waals surface area contributed by atoms with E-state index in [1.54, 1.807) is 0 Å². The van der Waals surface area contributed by atoms with Crippen LogP contribution in [0.4, 0.5) is 0 Å². The van der Waals surface area contributed by atoms with Crippen molar-refractivity contribution >= 4 is 0 Å². The molecule has 2 heteroatoms. The summed E-state index contributed by atoms with van der Waals surface area (Å²) in [5.74, 6) is 0.344. The van der Waals surface area contributed by atoms with Crippen molar-refractivity contribution in [3.63, 3.8) is 0 Å². The van der Waals surface area contributed by atoms with Crippen LogP contribution in [0.25, 0.3) is 0 Å². The van der Waals surface area contributed by atoms with Crippen LogP contribution in [0.3, 0.4) is 0 Å². The van der Waals surface area contributed by atoms with Crippen molar-refractivity contribution in [3.05, 3.63) is 25.3 Å². The SMILES string of the molecule is C=CC(CCCCCCCC)C(C=C)(OCC(C)C)OCC(C)C. The van der Waals surface area contributed by atoms with Crippen LogP contribution in [0.15, 0.2) is 25.3 Å². The molecule has 0 aromatic heterocycles. The van der Waals surface area contributed by atoms with Gasteiger partial charge in [0.2, 0.25) is 0 Å². The normalized spacial score (nSPS) is 13.5. The zero-order valence-corrected chi connectivity index (χ0v) is 17.0. The first-order chi connectivity index (χ1) is 11.4. The second kappa shape index (κ2) is 13.7. The molecule has 1 atom stereocenters. The lowest BCUT2D eigenvalue weighted by atomic mass is 9.91. The highest BCUT2D eigenvalue weighted by molar-refractivity contribution is 5.02. The fourth-order valence-electron chi connectivity index (χ4n) is 2.75. The summed E-state index contributed by atoms with van der Waals surface area (Å²) in [7, 11) is 0. The topological polar surface area (TPSA) is 18.5 Å². The fourth-order valence-corrected chi connectivity index (χ4v) is 2.75. The highest BCUT2D eigenvalue weighted by atomic mass is 16.7. The van der Waals surface area contributed by atoms with E-state index in [2.05, 4.69) is 47.8 Å². The highest BCUT2D eigenvalue weighted by Crippen LogP contribution is 2.32. The van der Waals surface area contributed by atoms with Crippen LogP contribution in [0.2, 0.25) is 0 Å². The van der Waals surface area contributed by atoms with Crippen molar-refractivity contribution in [2.45, 2.75) is 85.4 Å². The Balaban J connectivity index is 4.76. The second-order valence-corrected chi connectivity index (χ2v) is 7.73. The molecule has 1 unspecified atom stereocenters. The van der Waals surface area contributed by atoms with Gasteiger partial charge in [0, 0.05) is 5.92 Å². The van der Waals surface area contributed by atoms with E-state index in [1.807, 2.05) is 12.2 Å². The van der Waals surface area contributed by atoms with Gasteiger partial charge in [-0.25, -0.2) is 0 Å². The number of unbranched alkanes of at least 4 members (excludes halogenated alkanes) is 5. The lowest BCUT2D eigenvalue weighted by Crippen LogP contribution is -2.43. The third kappa shape index (κ3) is 9.64. The van der Waals surface area contributed by atoms with Crippen molar-refractivity contribution in [2.24, 2.45) is 17.8 Å². The Morgan fingerprint density at radius 2 is 1.33 bits per heavy atom. The predicted molar refractivity (Wildman–Crippen MR) is 106 cm³/mol. The quantitative estimate of drug-likeness (QED) is 0.176. The van der Waals surface area contributed by atoms with E-state index in [0.29, 0.717) is 25.0 Å². The first kappa shape index (κ1) is 23.4. The van der Waals surface area contributed by atoms with Crippen LogP contribution in [0.5, 0.6) is 0 Å². The van der Waals surface area contributed by atoms with Crippen LogP contribution in [-0.2, 0) is 9.47 Å². The minimum absolute atomic E-state index is 0.152. The molecule has 0 bridgehead atoms. The van der Waals surface area contributed by atoms with Crippen LogP contribution in [-0.4, -0.2) is 19.0 Å². The monoisotopic (exact) mass is 338 g/mol. The Hall–Kier alpha value is -0.600. The Labute approximate surface area is 151 Å². The van der Waals surface area contributed by atoms with Gasteiger partial charge in [-0.3, -0.25) is 0 Å². The summed E-state index contributed by atoms with van der Waals surface area (Å²) in [6.07, 6.45) is 12.6. The predicted octanol–water partition coefficient (Wildman–Crippen LogP) is 6.77. The first-order valence-corrected chi connectivity index (χ1v) is 9.95. The third-order valence-corrected chi connectivity index (χ3v) is 4.24. The summed E-state index contributed by atoms with van der Waals surface area (Å²) in [6.45, 7) is 20.3. The van der Waals surface area contributed by atoms with Crippen molar-refractivity contribution in [1.29, 1.82) is 0 Å². The molecule has 0 aromatic carbocycles. The van der Waals surface area contributed by atoms with Gasteiger partial charge in [0.25, 0.3) is 0 Å². The summed E-state index contributed by atoms with van der Waals surface area (Å²) < 4.78 is 12.5. The molecule has 0 aromatic rings. The molecule has 0 N–H and O–H groups in total. The average Bonchev–Trinajstić information content (AvgIpc) is 2.55. The van der Waals surface area contributed by atoms with E-state index in [-0.39, 0.29) is 5.92 Å². The van der Waals surface area contributed by atoms with E-state index in [0.717, 1.165) is 6.42 Å². The molecule has 0 radical (unpaired) electrons. The van der Waals surface area contributed by atoms with Gasteiger partial charge in [-0.05, 0) is 24.3 Å². The second-order valence-electron chi connectivity index (χ2n) is 7.73. The number of rotatable bonds is 16. The highest BCUT2D eigenvalue weighted by Gasteiger charge is 2.36. The van der Waals surface area contributed by atoms with Gasteiger partial charge in [-0.2, -0.15) is 0 Å². The minimum Gasteiger partial charge on any atom is -0.346 e. The molecule has 0 aliphatic rings. The lowest BCUT2D eigenvalue weighted by Gasteiger charge is -2.38. The zero-order chi connectivity index (χ0) is 18.4. The first-order valence-electron chi connectivity index (χ1n) is 9.95. The third-order valence-electron chi connectivity index (χ3n) is 4.24. The van der Waals surface area contributed by atoms with E-state index < -0.39 is 5.79 Å². The Morgan fingerprint density at radius 3 is 1.75 bits per heavy atom. The fraction of sp³-hybridized carbons (Fsp3) is 0.818. The van der Waals surface area contributed by atoms with Crippen LogP contribution >= 0.6 is 0 Å². The van der Waals surface area contributed by atoms with Crippen LogP contribution < -0.4 is 0 Å². The van der Waals surface area contributed by atoms with E-state index >= 15 is 0 Å². The maximum atomic E-state index is 6.23. The molecule has 0 fully saturated rings. The molecule has 0 spiro atoms.